The van der Waals surface area contributed by atoms with Crippen LogP contribution in [0.2, 0.25) is 0 Å². The molecule has 0 fully saturated rings. The molecule has 2 aromatic rings. The lowest BCUT2D eigenvalue weighted by Gasteiger charge is -2.11. The monoisotopic (exact) mass is 286 g/mol. The van der Waals surface area contributed by atoms with E-state index in [1.165, 1.54) is 5.56 Å². The number of hydrogen-bond acceptors (Lipinski definition) is 2. The summed E-state index contributed by atoms with van der Waals surface area (Å²) in [5, 5.41) is 6.93. The predicted octanol–water partition coefficient (Wildman–Crippen LogP) is 3.57. The first kappa shape index (κ1) is 14.3. The highest BCUT2D eigenvalue weighted by molar-refractivity contribution is 7.80. The van der Waals surface area contributed by atoms with E-state index in [0.29, 0.717) is 18.3 Å². The maximum atomic E-state index is 5.45. The van der Waals surface area contributed by atoms with Crippen LogP contribution in [0.5, 0.6) is 5.75 Å². The zero-order chi connectivity index (χ0) is 14.2. The largest absolute Gasteiger partial charge is 0.494 e. The molecule has 0 bridgehead atoms. The van der Waals surface area contributed by atoms with Gasteiger partial charge in [0, 0.05) is 18.3 Å². The first-order valence-corrected chi connectivity index (χ1v) is 7.00. The van der Waals surface area contributed by atoms with E-state index in [-0.39, 0.29) is 0 Å². The van der Waals surface area contributed by atoms with Crippen LogP contribution >= 0.6 is 12.2 Å². The Balaban J connectivity index is 1.86. The Morgan fingerprint density at radius 2 is 1.90 bits per heavy atom. The summed E-state index contributed by atoms with van der Waals surface area (Å²) in [4.78, 5) is 0. The van der Waals surface area contributed by atoms with Crippen molar-refractivity contribution in [3.05, 3.63) is 60.2 Å². The third-order valence-electron chi connectivity index (χ3n) is 2.70. The van der Waals surface area contributed by atoms with Crippen molar-refractivity contribution >= 4 is 23.0 Å². The van der Waals surface area contributed by atoms with Gasteiger partial charge in [-0.15, -0.1) is 0 Å². The summed E-state index contributed by atoms with van der Waals surface area (Å²) in [5.41, 5.74) is 2.11. The Kier molecular flexibility index (Phi) is 5.38. The van der Waals surface area contributed by atoms with Crippen LogP contribution in [0.15, 0.2) is 54.6 Å². The van der Waals surface area contributed by atoms with Crippen molar-refractivity contribution in [2.45, 2.75) is 13.5 Å². The predicted molar refractivity (Wildman–Crippen MR) is 87.1 cm³/mol. The summed E-state index contributed by atoms with van der Waals surface area (Å²) < 4.78 is 5.45. The number of benzene rings is 2. The number of nitrogens with one attached hydrogen (secondary N) is 2. The average molecular weight is 286 g/mol. The van der Waals surface area contributed by atoms with Gasteiger partial charge in [-0.3, -0.25) is 0 Å². The molecule has 2 aromatic carbocycles. The van der Waals surface area contributed by atoms with Crippen LogP contribution in [-0.4, -0.2) is 11.7 Å². The zero-order valence-corrected chi connectivity index (χ0v) is 12.2. The Morgan fingerprint density at radius 1 is 1.10 bits per heavy atom. The second-order valence-corrected chi connectivity index (χ2v) is 4.66. The fraction of sp³-hybridized carbons (Fsp3) is 0.188. The summed E-state index contributed by atoms with van der Waals surface area (Å²) in [7, 11) is 0. The summed E-state index contributed by atoms with van der Waals surface area (Å²) in [5.74, 6) is 0.836. The highest BCUT2D eigenvalue weighted by Gasteiger charge is 1.99. The highest BCUT2D eigenvalue weighted by atomic mass is 32.1. The first-order valence-electron chi connectivity index (χ1n) is 6.59. The standard InChI is InChI=1S/C16H18N2OS/c1-2-19-15-10-6-9-14(11-15)18-16(20)17-12-13-7-4-3-5-8-13/h3-11H,2,12H2,1H3,(H2,17,18,20). The van der Waals surface area contributed by atoms with Gasteiger partial charge >= 0.3 is 0 Å². The fourth-order valence-corrected chi connectivity index (χ4v) is 1.97. The third-order valence-corrected chi connectivity index (χ3v) is 2.95. The molecule has 104 valence electrons. The molecule has 0 radical (unpaired) electrons. The van der Waals surface area contributed by atoms with Gasteiger partial charge in [0.2, 0.25) is 0 Å². The Morgan fingerprint density at radius 3 is 2.65 bits per heavy atom. The summed E-state index contributed by atoms with van der Waals surface area (Å²) in [6.45, 7) is 3.32. The second-order valence-electron chi connectivity index (χ2n) is 4.25. The van der Waals surface area contributed by atoms with E-state index < -0.39 is 0 Å². The maximum absolute atomic E-state index is 5.45. The van der Waals surface area contributed by atoms with E-state index in [0.717, 1.165) is 11.4 Å². The van der Waals surface area contributed by atoms with Crippen molar-refractivity contribution < 1.29 is 4.74 Å². The van der Waals surface area contributed by atoms with Crippen LogP contribution in [0, 0.1) is 0 Å². The minimum absolute atomic E-state index is 0.600. The molecule has 0 heterocycles. The van der Waals surface area contributed by atoms with Gasteiger partial charge in [0.15, 0.2) is 5.11 Å². The molecule has 0 saturated carbocycles. The molecule has 0 aliphatic heterocycles. The van der Waals surface area contributed by atoms with Crippen molar-refractivity contribution in [3.63, 3.8) is 0 Å². The molecule has 4 heteroatoms. The minimum Gasteiger partial charge on any atom is -0.494 e. The highest BCUT2D eigenvalue weighted by Crippen LogP contribution is 2.17. The molecule has 0 aromatic heterocycles. The molecule has 3 nitrogen and oxygen atoms in total. The smallest absolute Gasteiger partial charge is 0.171 e. The van der Waals surface area contributed by atoms with Gasteiger partial charge in [0.1, 0.15) is 5.75 Å². The van der Waals surface area contributed by atoms with Gasteiger partial charge < -0.3 is 15.4 Å². The van der Waals surface area contributed by atoms with Crippen LogP contribution in [0.25, 0.3) is 0 Å². The van der Waals surface area contributed by atoms with Crippen molar-refractivity contribution in [1.29, 1.82) is 0 Å². The topological polar surface area (TPSA) is 33.3 Å². The van der Waals surface area contributed by atoms with Crippen LogP contribution < -0.4 is 15.4 Å². The minimum atomic E-state index is 0.600. The van der Waals surface area contributed by atoms with Gasteiger partial charge in [-0.25, -0.2) is 0 Å². The molecule has 2 N–H and O–H groups in total. The van der Waals surface area contributed by atoms with E-state index in [4.69, 9.17) is 17.0 Å². The van der Waals surface area contributed by atoms with E-state index in [9.17, 15) is 0 Å². The van der Waals surface area contributed by atoms with Crippen LogP contribution in [0.3, 0.4) is 0 Å². The number of hydrogen-bond donors (Lipinski definition) is 2. The fourth-order valence-electron chi connectivity index (χ4n) is 1.78. The lowest BCUT2D eigenvalue weighted by molar-refractivity contribution is 0.340. The van der Waals surface area contributed by atoms with Gasteiger partial charge in [-0.05, 0) is 36.8 Å². The summed E-state index contributed by atoms with van der Waals surface area (Å²) in [6.07, 6.45) is 0. The normalized spacial score (nSPS) is 9.85. The molecular weight excluding hydrogens is 268 g/mol. The molecule has 0 atom stereocenters. The number of thiocarbonyl (C=S) groups is 1. The molecule has 0 aliphatic carbocycles. The molecule has 0 amide bonds. The molecular formula is C16H18N2OS. The van der Waals surface area contributed by atoms with Gasteiger partial charge in [-0.1, -0.05) is 36.4 Å². The zero-order valence-electron chi connectivity index (χ0n) is 11.4. The van der Waals surface area contributed by atoms with Crippen molar-refractivity contribution in [1.82, 2.24) is 5.32 Å². The van der Waals surface area contributed by atoms with E-state index >= 15 is 0 Å². The van der Waals surface area contributed by atoms with E-state index in [2.05, 4.69) is 22.8 Å². The maximum Gasteiger partial charge on any atom is 0.171 e. The number of ether oxygens (including phenoxy) is 1. The average Bonchev–Trinajstić information content (AvgIpc) is 2.47. The molecule has 0 saturated heterocycles. The molecule has 0 unspecified atom stereocenters. The quantitative estimate of drug-likeness (QED) is 0.823. The van der Waals surface area contributed by atoms with Gasteiger partial charge in [0.25, 0.3) is 0 Å². The van der Waals surface area contributed by atoms with Gasteiger partial charge in [-0.2, -0.15) is 0 Å². The number of anilines is 1. The lowest BCUT2D eigenvalue weighted by atomic mass is 10.2. The summed E-state index contributed by atoms with van der Waals surface area (Å²) in [6, 6.07) is 17.9. The van der Waals surface area contributed by atoms with Gasteiger partial charge in [0.05, 0.1) is 6.61 Å². The van der Waals surface area contributed by atoms with Crippen LogP contribution in [0.1, 0.15) is 12.5 Å². The SMILES string of the molecule is CCOc1cccc(NC(=S)NCc2ccccc2)c1. The van der Waals surface area contributed by atoms with E-state index in [1.54, 1.807) is 0 Å². The molecule has 20 heavy (non-hydrogen) atoms. The first-order chi connectivity index (χ1) is 9.78. The number of rotatable bonds is 5. The van der Waals surface area contributed by atoms with Crippen LogP contribution in [0.4, 0.5) is 5.69 Å². The Hall–Kier alpha value is -2.07. The van der Waals surface area contributed by atoms with Crippen LogP contribution in [-0.2, 0) is 6.54 Å². The third kappa shape index (κ3) is 4.55. The van der Waals surface area contributed by atoms with E-state index in [1.807, 2.05) is 49.4 Å². The second kappa shape index (κ2) is 7.50. The molecule has 2 rings (SSSR count). The molecule has 0 spiro atoms. The van der Waals surface area contributed by atoms with Crippen molar-refractivity contribution in [2.75, 3.05) is 11.9 Å². The molecule has 0 aliphatic rings. The Bertz CT molecular complexity index is 557. The van der Waals surface area contributed by atoms with Crippen molar-refractivity contribution in [2.24, 2.45) is 0 Å². The summed E-state index contributed by atoms with van der Waals surface area (Å²) >= 11 is 5.28. The Labute approximate surface area is 125 Å². The van der Waals surface area contributed by atoms with Crippen molar-refractivity contribution in [3.8, 4) is 5.75 Å². The lowest BCUT2D eigenvalue weighted by Crippen LogP contribution is -2.27.